The van der Waals surface area contributed by atoms with Crippen molar-refractivity contribution < 1.29 is 14.2 Å². The van der Waals surface area contributed by atoms with Crippen LogP contribution in [0.25, 0.3) is 0 Å². The molecule has 1 unspecified atom stereocenters. The van der Waals surface area contributed by atoms with Gasteiger partial charge in [0.15, 0.2) is 5.96 Å². The lowest BCUT2D eigenvalue weighted by Crippen LogP contribution is -2.38. The summed E-state index contributed by atoms with van der Waals surface area (Å²) in [4.78, 5) is 4.25. The Hall–Kier alpha value is -1.79. The summed E-state index contributed by atoms with van der Waals surface area (Å²) in [5.74, 6) is 1.75. The van der Waals surface area contributed by atoms with E-state index in [-0.39, 0.29) is 0 Å². The fourth-order valence-electron chi connectivity index (χ4n) is 2.92. The molecule has 0 bridgehead atoms. The third kappa shape index (κ3) is 8.06. The molecular weight excluding hydrogens is 330 g/mol. The monoisotopic (exact) mass is 363 g/mol. The third-order valence-electron chi connectivity index (χ3n) is 4.38. The highest BCUT2D eigenvalue weighted by Crippen LogP contribution is 2.13. The number of methoxy groups -OCH3 is 1. The number of nitrogens with one attached hydrogen (secondary N) is 2. The van der Waals surface area contributed by atoms with Crippen molar-refractivity contribution in [3.05, 3.63) is 29.8 Å². The molecule has 1 atom stereocenters. The highest BCUT2D eigenvalue weighted by Gasteiger charge is 2.14. The molecule has 0 radical (unpaired) electrons. The number of aryl methyl sites for hydroxylation is 1. The minimum atomic E-state index is 0.307. The first-order valence-corrected chi connectivity index (χ1v) is 9.58. The average Bonchev–Trinajstić information content (AvgIpc) is 3.19. The maximum Gasteiger partial charge on any atom is 0.190 e. The van der Waals surface area contributed by atoms with E-state index in [0.29, 0.717) is 6.10 Å². The van der Waals surface area contributed by atoms with Gasteiger partial charge in [0.25, 0.3) is 0 Å². The SMILES string of the molecule is CN=C(NCCCOCC1CCCO1)NCCCc1cccc(OC)c1. The van der Waals surface area contributed by atoms with Crippen LogP contribution in [0.1, 0.15) is 31.2 Å². The minimum absolute atomic E-state index is 0.307. The molecule has 1 aliphatic heterocycles. The van der Waals surface area contributed by atoms with Gasteiger partial charge in [-0.1, -0.05) is 12.1 Å². The van der Waals surface area contributed by atoms with E-state index in [9.17, 15) is 0 Å². The first-order valence-electron chi connectivity index (χ1n) is 9.58. The summed E-state index contributed by atoms with van der Waals surface area (Å²) in [5, 5.41) is 6.67. The molecule has 26 heavy (non-hydrogen) atoms. The number of aliphatic imine (C=N–C) groups is 1. The first-order chi connectivity index (χ1) is 12.8. The molecule has 146 valence electrons. The Bertz CT molecular complexity index is 531. The number of guanidine groups is 1. The molecule has 1 aromatic carbocycles. The molecule has 0 aliphatic carbocycles. The van der Waals surface area contributed by atoms with Crippen LogP contribution in [0.3, 0.4) is 0 Å². The molecule has 6 heteroatoms. The Morgan fingerprint density at radius 2 is 2.12 bits per heavy atom. The molecule has 0 saturated carbocycles. The van der Waals surface area contributed by atoms with Gasteiger partial charge >= 0.3 is 0 Å². The van der Waals surface area contributed by atoms with Crippen molar-refractivity contribution in [2.75, 3.05) is 47.1 Å². The predicted molar refractivity (Wildman–Crippen MR) is 105 cm³/mol. The van der Waals surface area contributed by atoms with Gasteiger partial charge in [0, 0.05) is 33.4 Å². The van der Waals surface area contributed by atoms with Crippen molar-refractivity contribution in [3.63, 3.8) is 0 Å². The van der Waals surface area contributed by atoms with Gasteiger partial charge in [-0.3, -0.25) is 4.99 Å². The van der Waals surface area contributed by atoms with Gasteiger partial charge in [0.2, 0.25) is 0 Å². The van der Waals surface area contributed by atoms with Gasteiger partial charge in [0.05, 0.1) is 19.8 Å². The lowest BCUT2D eigenvalue weighted by Gasteiger charge is -2.13. The number of hydrogen-bond donors (Lipinski definition) is 2. The molecular formula is C20H33N3O3. The minimum Gasteiger partial charge on any atom is -0.497 e. The molecule has 2 rings (SSSR count). The zero-order chi connectivity index (χ0) is 18.5. The van der Waals surface area contributed by atoms with Crippen molar-refractivity contribution in [2.24, 2.45) is 4.99 Å². The lowest BCUT2D eigenvalue weighted by atomic mass is 10.1. The number of hydrogen-bond acceptors (Lipinski definition) is 4. The van der Waals surface area contributed by atoms with E-state index < -0.39 is 0 Å². The summed E-state index contributed by atoms with van der Waals surface area (Å²) in [6.45, 7) is 4.08. The second kappa shape index (κ2) is 12.5. The fourth-order valence-corrected chi connectivity index (χ4v) is 2.92. The number of rotatable bonds is 11. The molecule has 6 nitrogen and oxygen atoms in total. The van der Waals surface area contributed by atoms with Gasteiger partial charge in [-0.05, 0) is 49.8 Å². The molecule has 2 N–H and O–H groups in total. The molecule has 0 spiro atoms. The van der Waals surface area contributed by atoms with Crippen LogP contribution in [0.4, 0.5) is 0 Å². The van der Waals surface area contributed by atoms with E-state index in [1.165, 1.54) is 5.56 Å². The average molecular weight is 364 g/mol. The Labute approximate surface area is 157 Å². The Balaban J connectivity index is 1.49. The summed E-state index contributed by atoms with van der Waals surface area (Å²) >= 11 is 0. The third-order valence-corrected chi connectivity index (χ3v) is 4.38. The Morgan fingerprint density at radius 3 is 2.85 bits per heavy atom. The van der Waals surface area contributed by atoms with E-state index in [2.05, 4.69) is 27.8 Å². The number of nitrogens with zero attached hydrogens (tertiary/aromatic N) is 1. The standard InChI is InChI=1S/C20H33N3O3/c1-21-20(23-12-6-13-25-16-19-10-5-14-26-19)22-11-4-8-17-7-3-9-18(15-17)24-2/h3,7,9,15,19H,4-6,8,10-14,16H2,1-2H3,(H2,21,22,23). The highest BCUT2D eigenvalue weighted by molar-refractivity contribution is 5.79. The number of ether oxygens (including phenoxy) is 3. The van der Waals surface area contributed by atoms with Gasteiger partial charge in [0.1, 0.15) is 5.75 Å². The van der Waals surface area contributed by atoms with E-state index in [1.807, 2.05) is 12.1 Å². The van der Waals surface area contributed by atoms with Crippen molar-refractivity contribution in [2.45, 2.75) is 38.2 Å². The molecule has 1 aliphatic rings. The van der Waals surface area contributed by atoms with Crippen molar-refractivity contribution in [3.8, 4) is 5.75 Å². The molecule has 1 saturated heterocycles. The summed E-state index contributed by atoms with van der Waals surface area (Å²) < 4.78 is 16.5. The second-order valence-electron chi connectivity index (χ2n) is 6.44. The van der Waals surface area contributed by atoms with Gasteiger partial charge in [-0.2, -0.15) is 0 Å². The van der Waals surface area contributed by atoms with Crippen LogP contribution in [-0.4, -0.2) is 59.1 Å². The summed E-state index contributed by atoms with van der Waals surface area (Å²) in [7, 11) is 3.50. The van der Waals surface area contributed by atoms with Crippen LogP contribution < -0.4 is 15.4 Å². The van der Waals surface area contributed by atoms with Crippen LogP contribution >= 0.6 is 0 Å². The molecule has 1 fully saturated rings. The van der Waals surface area contributed by atoms with Crippen molar-refractivity contribution in [1.82, 2.24) is 10.6 Å². The van der Waals surface area contributed by atoms with E-state index in [4.69, 9.17) is 14.2 Å². The van der Waals surface area contributed by atoms with Crippen molar-refractivity contribution in [1.29, 1.82) is 0 Å². The van der Waals surface area contributed by atoms with Crippen LogP contribution in [0.2, 0.25) is 0 Å². The summed E-state index contributed by atoms with van der Waals surface area (Å²) in [6.07, 6.45) is 5.61. The van der Waals surface area contributed by atoms with Gasteiger partial charge in [-0.25, -0.2) is 0 Å². The van der Waals surface area contributed by atoms with Gasteiger partial charge in [-0.15, -0.1) is 0 Å². The maximum atomic E-state index is 5.66. The van der Waals surface area contributed by atoms with Crippen LogP contribution in [0.5, 0.6) is 5.75 Å². The van der Waals surface area contributed by atoms with E-state index >= 15 is 0 Å². The quantitative estimate of drug-likeness (QED) is 0.359. The normalized spacial score (nSPS) is 17.3. The maximum absolute atomic E-state index is 5.66. The van der Waals surface area contributed by atoms with Crippen molar-refractivity contribution >= 4 is 5.96 Å². The van der Waals surface area contributed by atoms with E-state index in [0.717, 1.165) is 76.7 Å². The second-order valence-corrected chi connectivity index (χ2v) is 6.44. The molecule has 1 heterocycles. The van der Waals surface area contributed by atoms with Crippen LogP contribution in [0.15, 0.2) is 29.3 Å². The Morgan fingerprint density at radius 1 is 1.27 bits per heavy atom. The summed E-state index contributed by atoms with van der Waals surface area (Å²) in [6, 6.07) is 8.22. The van der Waals surface area contributed by atoms with Crippen LogP contribution in [0, 0.1) is 0 Å². The first kappa shape index (κ1) is 20.5. The fraction of sp³-hybridized carbons (Fsp3) is 0.650. The zero-order valence-corrected chi connectivity index (χ0v) is 16.1. The van der Waals surface area contributed by atoms with Crippen LogP contribution in [-0.2, 0) is 15.9 Å². The Kier molecular flexibility index (Phi) is 9.90. The molecule has 0 amide bonds. The molecule has 0 aromatic heterocycles. The van der Waals surface area contributed by atoms with E-state index in [1.54, 1.807) is 14.2 Å². The topological polar surface area (TPSA) is 64.1 Å². The zero-order valence-electron chi connectivity index (χ0n) is 16.1. The van der Waals surface area contributed by atoms with Gasteiger partial charge < -0.3 is 24.8 Å². The summed E-state index contributed by atoms with van der Waals surface area (Å²) in [5.41, 5.74) is 1.29. The largest absolute Gasteiger partial charge is 0.497 e. The number of benzene rings is 1. The predicted octanol–water partition coefficient (Wildman–Crippen LogP) is 2.38. The highest BCUT2D eigenvalue weighted by atomic mass is 16.5. The smallest absolute Gasteiger partial charge is 0.190 e. The lowest BCUT2D eigenvalue weighted by molar-refractivity contribution is 0.0168. The molecule has 1 aromatic rings.